The van der Waals surface area contributed by atoms with Gasteiger partial charge in [-0.25, -0.2) is 4.99 Å². The number of nitrogens with one attached hydrogen (secondary N) is 2. The first kappa shape index (κ1) is 17.7. The molecule has 1 aliphatic rings. The summed E-state index contributed by atoms with van der Waals surface area (Å²) in [5, 5.41) is 3.87. The lowest BCUT2D eigenvalue weighted by Gasteiger charge is -2.27. The molecule has 0 spiro atoms. The zero-order valence-electron chi connectivity index (χ0n) is 13.6. The van der Waals surface area contributed by atoms with Crippen molar-refractivity contribution >= 4 is 17.6 Å². The Morgan fingerprint density at radius 1 is 1.08 bits per heavy atom. The smallest absolute Gasteiger partial charge is 0.312 e. The molecule has 2 aromatic carbocycles. The predicted molar refractivity (Wildman–Crippen MR) is 88.6 cm³/mol. The fourth-order valence-corrected chi connectivity index (χ4v) is 2.47. The highest BCUT2D eigenvalue weighted by molar-refractivity contribution is 6.16. The van der Waals surface area contributed by atoms with Crippen molar-refractivity contribution < 1.29 is 22.8 Å². The third-order valence-electron chi connectivity index (χ3n) is 3.91. The first-order valence-corrected chi connectivity index (χ1v) is 7.65. The van der Waals surface area contributed by atoms with Crippen molar-refractivity contribution in [2.75, 3.05) is 0 Å². The van der Waals surface area contributed by atoms with Gasteiger partial charge in [-0.2, -0.15) is 13.2 Å². The van der Waals surface area contributed by atoms with E-state index in [1.165, 1.54) is 24.3 Å². The van der Waals surface area contributed by atoms with Gasteiger partial charge in [0.25, 0.3) is 11.8 Å². The van der Waals surface area contributed by atoms with Gasteiger partial charge in [0.2, 0.25) is 0 Å². The summed E-state index contributed by atoms with van der Waals surface area (Å²) in [6.07, 6.45) is -5.12. The lowest BCUT2D eigenvalue weighted by molar-refractivity contribution is -0.192. The van der Waals surface area contributed by atoms with Gasteiger partial charge in [0.15, 0.2) is 0 Å². The highest BCUT2D eigenvalue weighted by atomic mass is 19.4. The van der Waals surface area contributed by atoms with Gasteiger partial charge < -0.3 is 10.6 Å². The normalized spacial score (nSPS) is 19.7. The van der Waals surface area contributed by atoms with Crippen LogP contribution in [0, 0.1) is 6.92 Å². The third-order valence-corrected chi connectivity index (χ3v) is 3.91. The van der Waals surface area contributed by atoms with Crippen molar-refractivity contribution in [3.63, 3.8) is 0 Å². The molecule has 1 heterocycles. The zero-order chi connectivity index (χ0) is 18.9. The minimum atomic E-state index is -5.12. The second kappa shape index (κ2) is 6.29. The number of benzene rings is 2. The third kappa shape index (κ3) is 3.05. The number of halogens is 3. The molecule has 0 unspecified atom stereocenters. The molecule has 26 heavy (non-hydrogen) atoms. The average molecular weight is 361 g/mol. The van der Waals surface area contributed by atoms with Crippen LogP contribution in [0.5, 0.6) is 0 Å². The van der Waals surface area contributed by atoms with Gasteiger partial charge in [-0.15, -0.1) is 0 Å². The number of hydrogen-bond acceptors (Lipinski definition) is 3. The molecule has 3 rings (SSSR count). The number of carbonyl (C=O) groups is 2. The number of amidine groups is 1. The molecule has 0 aromatic heterocycles. The largest absolute Gasteiger partial charge is 0.442 e. The van der Waals surface area contributed by atoms with E-state index in [4.69, 9.17) is 0 Å². The van der Waals surface area contributed by atoms with Gasteiger partial charge in [-0.05, 0) is 19.1 Å². The van der Waals surface area contributed by atoms with E-state index in [2.05, 4.69) is 10.3 Å². The van der Waals surface area contributed by atoms with Crippen LogP contribution in [0.3, 0.4) is 0 Å². The molecule has 1 atom stereocenters. The van der Waals surface area contributed by atoms with E-state index in [1.54, 1.807) is 35.6 Å². The van der Waals surface area contributed by atoms with E-state index in [0.717, 1.165) is 5.56 Å². The van der Waals surface area contributed by atoms with Crippen molar-refractivity contribution in [1.82, 2.24) is 10.6 Å². The highest BCUT2D eigenvalue weighted by Gasteiger charge is 2.65. The van der Waals surface area contributed by atoms with Crippen LogP contribution in [0.25, 0.3) is 0 Å². The summed E-state index contributed by atoms with van der Waals surface area (Å²) >= 11 is 0. The highest BCUT2D eigenvalue weighted by Crippen LogP contribution is 2.35. The maximum Gasteiger partial charge on any atom is 0.442 e. The van der Waals surface area contributed by atoms with Gasteiger partial charge in [0.05, 0.1) is 0 Å². The molecule has 2 N–H and O–H groups in total. The average Bonchev–Trinajstić information content (AvgIpc) is 2.94. The second-order valence-corrected chi connectivity index (χ2v) is 5.81. The summed E-state index contributed by atoms with van der Waals surface area (Å²) < 4.78 is 41.1. The van der Waals surface area contributed by atoms with Gasteiger partial charge in [-0.3, -0.25) is 9.59 Å². The summed E-state index contributed by atoms with van der Waals surface area (Å²) in [6, 6.07) is 13.8. The lowest BCUT2D eigenvalue weighted by Crippen LogP contribution is -2.63. The molecule has 2 aromatic rings. The Morgan fingerprint density at radius 2 is 1.69 bits per heavy atom. The zero-order valence-corrected chi connectivity index (χ0v) is 13.6. The van der Waals surface area contributed by atoms with Crippen molar-refractivity contribution in [2.45, 2.75) is 18.8 Å². The van der Waals surface area contributed by atoms with E-state index in [0.29, 0.717) is 5.56 Å². The van der Waals surface area contributed by atoms with E-state index >= 15 is 0 Å². The molecule has 2 amide bonds. The molecular weight excluding hydrogens is 347 g/mol. The number of aliphatic imine (C=N–C) groups is 1. The Bertz CT molecular complexity index is 877. The van der Waals surface area contributed by atoms with Crippen LogP contribution < -0.4 is 10.6 Å². The number of nitrogens with zero attached hydrogens (tertiary/aromatic N) is 1. The topological polar surface area (TPSA) is 70.6 Å². The van der Waals surface area contributed by atoms with E-state index in [1.807, 2.05) is 6.92 Å². The summed E-state index contributed by atoms with van der Waals surface area (Å²) in [5.41, 5.74) is -2.18. The first-order valence-electron chi connectivity index (χ1n) is 7.65. The minimum absolute atomic E-state index is 0.0112. The Kier molecular flexibility index (Phi) is 4.27. The van der Waals surface area contributed by atoms with Crippen LogP contribution in [0.2, 0.25) is 0 Å². The first-order chi connectivity index (χ1) is 12.2. The van der Waals surface area contributed by atoms with Crippen LogP contribution in [-0.4, -0.2) is 29.5 Å². The second-order valence-electron chi connectivity index (χ2n) is 5.81. The maximum absolute atomic E-state index is 13.7. The van der Waals surface area contributed by atoms with E-state index < -0.39 is 23.7 Å². The molecule has 5 nitrogen and oxygen atoms in total. The van der Waals surface area contributed by atoms with Gasteiger partial charge in [0, 0.05) is 11.1 Å². The van der Waals surface area contributed by atoms with Crippen LogP contribution in [0.1, 0.15) is 21.5 Å². The van der Waals surface area contributed by atoms with Crippen LogP contribution >= 0.6 is 0 Å². The van der Waals surface area contributed by atoms with Crippen molar-refractivity contribution in [3.8, 4) is 0 Å². The monoisotopic (exact) mass is 361 g/mol. The number of carbonyl (C=O) groups excluding carboxylic acids is 2. The maximum atomic E-state index is 13.7. The quantitative estimate of drug-likeness (QED) is 0.882. The Hall–Kier alpha value is -3.16. The van der Waals surface area contributed by atoms with Crippen LogP contribution in [-0.2, 0) is 4.79 Å². The lowest BCUT2D eigenvalue weighted by atomic mass is 10.1. The number of rotatable bonds is 3. The molecule has 134 valence electrons. The Labute approximate surface area is 146 Å². The van der Waals surface area contributed by atoms with Crippen molar-refractivity contribution in [1.29, 1.82) is 0 Å². The fourth-order valence-electron chi connectivity index (χ4n) is 2.47. The molecule has 0 saturated carbocycles. The fraction of sp³-hybridized carbons (Fsp3) is 0.167. The van der Waals surface area contributed by atoms with Crippen molar-refractivity contribution in [2.24, 2.45) is 4.99 Å². The summed E-state index contributed by atoms with van der Waals surface area (Å²) in [6.45, 7) is 1.82. The number of hydrogen-bond donors (Lipinski definition) is 2. The molecule has 0 aliphatic carbocycles. The Balaban J connectivity index is 2.01. The number of alkyl halides is 3. The molecule has 0 fully saturated rings. The standard InChI is InChI=1S/C18H14F3N3O2/c1-11-7-9-12(10-8-11)14-22-16(26)17(23-14,18(19,20)21)24-15(25)13-5-3-2-4-6-13/h2-10H,1H3,(H,24,25)(H,22,23,26)/t17-/m1/s1. The Morgan fingerprint density at radius 3 is 2.27 bits per heavy atom. The molecule has 0 bridgehead atoms. The number of aryl methyl sites for hydroxylation is 1. The molecule has 1 aliphatic heterocycles. The van der Waals surface area contributed by atoms with Gasteiger partial charge in [-0.1, -0.05) is 48.0 Å². The van der Waals surface area contributed by atoms with Crippen LogP contribution in [0.4, 0.5) is 13.2 Å². The SMILES string of the molecule is Cc1ccc(C2=N[C@](NC(=O)c3ccccc3)(C(F)(F)F)C(=O)N2)cc1. The summed E-state index contributed by atoms with van der Waals surface area (Å²) in [4.78, 5) is 28.0. The van der Waals surface area contributed by atoms with Crippen LogP contribution in [0.15, 0.2) is 59.6 Å². The molecule has 0 radical (unpaired) electrons. The van der Waals surface area contributed by atoms with Crippen molar-refractivity contribution in [3.05, 3.63) is 71.3 Å². The molecule has 0 saturated heterocycles. The molecular formula is C18H14F3N3O2. The van der Waals surface area contributed by atoms with E-state index in [-0.39, 0.29) is 11.4 Å². The molecule has 8 heteroatoms. The van der Waals surface area contributed by atoms with Gasteiger partial charge >= 0.3 is 11.8 Å². The van der Waals surface area contributed by atoms with E-state index in [9.17, 15) is 22.8 Å². The van der Waals surface area contributed by atoms with Gasteiger partial charge in [0.1, 0.15) is 5.84 Å². The predicted octanol–water partition coefficient (Wildman–Crippen LogP) is 2.56. The minimum Gasteiger partial charge on any atom is -0.312 e. The summed E-state index contributed by atoms with van der Waals surface area (Å²) in [5.74, 6) is -2.75. The summed E-state index contributed by atoms with van der Waals surface area (Å²) in [7, 11) is 0. The number of amides is 2.